The number of carbonyl (C=O) groups is 1. The van der Waals surface area contributed by atoms with E-state index in [4.69, 9.17) is 5.73 Å². The Morgan fingerprint density at radius 2 is 2.19 bits per heavy atom. The fourth-order valence-electron chi connectivity index (χ4n) is 2.25. The fourth-order valence-corrected chi connectivity index (χ4v) is 2.25. The number of amides is 1. The van der Waals surface area contributed by atoms with Crippen molar-refractivity contribution < 1.29 is 9.90 Å². The molecule has 1 aliphatic heterocycles. The Bertz CT molecular complexity index is 250. The van der Waals surface area contributed by atoms with Crippen LogP contribution in [-0.2, 0) is 0 Å². The highest BCUT2D eigenvalue weighted by Gasteiger charge is 2.34. The van der Waals surface area contributed by atoms with Gasteiger partial charge in [-0.15, -0.1) is 0 Å². The van der Waals surface area contributed by atoms with Crippen LogP contribution in [0.5, 0.6) is 0 Å². The van der Waals surface area contributed by atoms with Crippen molar-refractivity contribution in [3.8, 4) is 0 Å². The summed E-state index contributed by atoms with van der Waals surface area (Å²) in [7, 11) is 0. The minimum absolute atomic E-state index is 0.400. The van der Waals surface area contributed by atoms with E-state index < -0.39 is 11.6 Å². The number of hydrogen-bond donors (Lipinski definition) is 2. The predicted molar refractivity (Wildman–Crippen MR) is 63.0 cm³/mol. The van der Waals surface area contributed by atoms with Gasteiger partial charge < -0.3 is 10.8 Å². The number of hydrogen-bond acceptors (Lipinski definition) is 3. The van der Waals surface area contributed by atoms with E-state index >= 15 is 0 Å². The second-order valence-corrected chi connectivity index (χ2v) is 5.42. The van der Waals surface area contributed by atoms with Crippen LogP contribution >= 0.6 is 0 Å². The number of rotatable bonds is 2. The van der Waals surface area contributed by atoms with Crippen LogP contribution in [0.4, 0.5) is 4.79 Å². The molecule has 1 fully saturated rings. The highest BCUT2D eigenvalue weighted by Crippen LogP contribution is 2.23. The Hall–Kier alpha value is -0.810. The van der Waals surface area contributed by atoms with Gasteiger partial charge in [-0.05, 0) is 46.1 Å². The zero-order valence-corrected chi connectivity index (χ0v) is 10.4. The summed E-state index contributed by atoms with van der Waals surface area (Å²) in [6.07, 6.45) is 1.23. The third kappa shape index (κ3) is 3.09. The van der Waals surface area contributed by atoms with Gasteiger partial charge in [-0.3, -0.25) is 0 Å². The van der Waals surface area contributed by atoms with Crippen molar-refractivity contribution >= 4 is 6.09 Å². The van der Waals surface area contributed by atoms with Gasteiger partial charge >= 0.3 is 6.09 Å². The van der Waals surface area contributed by atoms with Crippen LogP contribution in [0.1, 0.15) is 33.6 Å². The van der Waals surface area contributed by atoms with Crippen LogP contribution in [0.25, 0.3) is 0 Å². The molecule has 1 saturated heterocycles. The third-order valence-electron chi connectivity index (χ3n) is 2.93. The largest absolute Gasteiger partial charge is 0.464 e. The molecule has 0 saturated carbocycles. The molecule has 1 atom stereocenters. The van der Waals surface area contributed by atoms with E-state index in [1.54, 1.807) is 0 Å². The predicted octanol–water partition coefficient (Wildman–Crippen LogP) is 1.35. The first-order chi connectivity index (χ1) is 7.36. The molecule has 0 aromatic rings. The number of nitrogens with zero attached hydrogens (tertiary/aromatic N) is 2. The van der Waals surface area contributed by atoms with Crippen LogP contribution in [0.15, 0.2) is 0 Å². The normalized spacial score (nSPS) is 23.1. The summed E-state index contributed by atoms with van der Waals surface area (Å²) in [5, 5.41) is 12.6. The molecule has 94 valence electrons. The molecule has 1 amide bonds. The molecule has 3 N–H and O–H groups in total. The minimum atomic E-state index is -0.884. The molecular weight excluding hydrogens is 206 g/mol. The molecule has 5 nitrogen and oxygen atoms in total. The van der Waals surface area contributed by atoms with E-state index in [9.17, 15) is 9.90 Å². The summed E-state index contributed by atoms with van der Waals surface area (Å²) in [5.74, 6) is 0.415. The Labute approximate surface area is 97.2 Å². The van der Waals surface area contributed by atoms with Crippen molar-refractivity contribution in [3.63, 3.8) is 0 Å². The molecule has 0 radical (unpaired) electrons. The number of piperidine rings is 1. The standard InChI is InChI=1S/C11H23N3O2/c1-11(2,3)14(10(15)16)13-6-4-5-9(7-12)8-13/h9H,4-8,12H2,1-3H3,(H,15,16)/t9-/m0/s1. The Morgan fingerprint density at radius 3 is 2.62 bits per heavy atom. The molecule has 1 rings (SSSR count). The van der Waals surface area contributed by atoms with Crippen molar-refractivity contribution in [3.05, 3.63) is 0 Å². The number of carboxylic acid groups (broad SMARTS) is 1. The quantitative estimate of drug-likeness (QED) is 0.750. The lowest BCUT2D eigenvalue weighted by Gasteiger charge is -2.45. The maximum absolute atomic E-state index is 11.3. The molecule has 0 unspecified atom stereocenters. The van der Waals surface area contributed by atoms with E-state index in [1.807, 2.05) is 25.8 Å². The van der Waals surface area contributed by atoms with Crippen molar-refractivity contribution in [2.75, 3.05) is 19.6 Å². The smallest absolute Gasteiger partial charge is 0.422 e. The second-order valence-electron chi connectivity index (χ2n) is 5.42. The van der Waals surface area contributed by atoms with Gasteiger partial charge in [0.1, 0.15) is 0 Å². The number of nitrogens with two attached hydrogens (primary N) is 1. The van der Waals surface area contributed by atoms with Gasteiger partial charge in [0.2, 0.25) is 0 Å². The average molecular weight is 229 g/mol. The molecular formula is C11H23N3O2. The van der Waals surface area contributed by atoms with Crippen LogP contribution in [0.3, 0.4) is 0 Å². The zero-order chi connectivity index (χ0) is 12.3. The Balaban J connectivity index is 2.75. The van der Waals surface area contributed by atoms with E-state index in [1.165, 1.54) is 5.01 Å². The highest BCUT2D eigenvalue weighted by molar-refractivity contribution is 5.65. The fraction of sp³-hybridized carbons (Fsp3) is 0.909. The summed E-state index contributed by atoms with van der Waals surface area (Å²) in [6, 6.07) is 0. The molecule has 1 aliphatic rings. The van der Waals surface area contributed by atoms with Crippen molar-refractivity contribution in [2.45, 2.75) is 39.2 Å². The van der Waals surface area contributed by atoms with Crippen molar-refractivity contribution in [1.29, 1.82) is 0 Å². The summed E-state index contributed by atoms with van der Waals surface area (Å²) in [4.78, 5) is 11.3. The molecule has 1 heterocycles. The minimum Gasteiger partial charge on any atom is -0.464 e. The van der Waals surface area contributed by atoms with Gasteiger partial charge in [0.15, 0.2) is 0 Å². The van der Waals surface area contributed by atoms with E-state index in [0.717, 1.165) is 25.9 Å². The lowest BCUT2D eigenvalue weighted by molar-refractivity contribution is -0.0860. The van der Waals surface area contributed by atoms with Gasteiger partial charge in [-0.2, -0.15) is 0 Å². The number of hydrazine groups is 1. The molecule has 0 aliphatic carbocycles. The summed E-state index contributed by atoms with van der Waals surface area (Å²) >= 11 is 0. The van der Waals surface area contributed by atoms with Crippen LogP contribution < -0.4 is 5.73 Å². The van der Waals surface area contributed by atoms with Crippen molar-refractivity contribution in [2.24, 2.45) is 11.7 Å². The summed E-state index contributed by atoms with van der Waals surface area (Å²) < 4.78 is 0. The Morgan fingerprint density at radius 1 is 1.56 bits per heavy atom. The van der Waals surface area contributed by atoms with Gasteiger partial charge in [0.25, 0.3) is 0 Å². The van der Waals surface area contributed by atoms with Crippen LogP contribution in [0, 0.1) is 5.92 Å². The lowest BCUT2D eigenvalue weighted by Crippen LogP contribution is -2.58. The van der Waals surface area contributed by atoms with Gasteiger partial charge in [-0.25, -0.2) is 14.8 Å². The van der Waals surface area contributed by atoms with Crippen LogP contribution in [-0.4, -0.2) is 46.4 Å². The van der Waals surface area contributed by atoms with Crippen LogP contribution in [0.2, 0.25) is 0 Å². The molecule has 0 bridgehead atoms. The van der Waals surface area contributed by atoms with Gasteiger partial charge in [0.05, 0.1) is 5.54 Å². The maximum atomic E-state index is 11.3. The highest BCUT2D eigenvalue weighted by atomic mass is 16.4. The monoisotopic (exact) mass is 229 g/mol. The van der Waals surface area contributed by atoms with Crippen molar-refractivity contribution in [1.82, 2.24) is 10.0 Å². The zero-order valence-electron chi connectivity index (χ0n) is 10.4. The summed E-state index contributed by atoms with van der Waals surface area (Å²) in [6.45, 7) is 7.92. The lowest BCUT2D eigenvalue weighted by atomic mass is 9.99. The first kappa shape index (κ1) is 13.3. The average Bonchev–Trinajstić information content (AvgIpc) is 2.15. The maximum Gasteiger partial charge on any atom is 0.422 e. The molecule has 0 spiro atoms. The first-order valence-corrected chi connectivity index (χ1v) is 5.84. The van der Waals surface area contributed by atoms with Gasteiger partial charge in [0, 0.05) is 13.1 Å². The molecule has 5 heteroatoms. The summed E-state index contributed by atoms with van der Waals surface area (Å²) in [5.41, 5.74) is 5.26. The molecule has 0 aromatic heterocycles. The van der Waals surface area contributed by atoms with E-state index in [0.29, 0.717) is 12.5 Å². The molecule has 16 heavy (non-hydrogen) atoms. The first-order valence-electron chi connectivity index (χ1n) is 5.84. The Kier molecular flexibility index (Phi) is 4.15. The third-order valence-corrected chi connectivity index (χ3v) is 2.93. The second kappa shape index (κ2) is 5.01. The van der Waals surface area contributed by atoms with Gasteiger partial charge in [-0.1, -0.05) is 0 Å². The van der Waals surface area contributed by atoms with E-state index in [2.05, 4.69) is 0 Å². The van der Waals surface area contributed by atoms with E-state index in [-0.39, 0.29) is 0 Å². The topological polar surface area (TPSA) is 69.8 Å². The SMILES string of the molecule is CC(C)(C)N(C(=O)O)N1CCC[C@@H](CN)C1. The molecule has 0 aromatic carbocycles.